The number of nitrogens with one attached hydrogen (secondary N) is 2. The molecular weight excluding hydrogens is 252 g/mol. The van der Waals surface area contributed by atoms with E-state index >= 15 is 0 Å². The third-order valence-corrected chi connectivity index (χ3v) is 3.92. The molecule has 100 valence electrons. The second kappa shape index (κ2) is 5.71. The lowest BCUT2D eigenvalue weighted by atomic mass is 10.0. The van der Waals surface area contributed by atoms with Crippen molar-refractivity contribution < 1.29 is 0 Å². The molecule has 6 heteroatoms. The largest absolute Gasteiger partial charge is 0.363 e. The minimum absolute atomic E-state index is 0.236. The number of hydrogen-bond donors (Lipinski definition) is 2. The van der Waals surface area contributed by atoms with Crippen LogP contribution in [0.3, 0.4) is 0 Å². The fourth-order valence-electron chi connectivity index (χ4n) is 2.37. The van der Waals surface area contributed by atoms with Crippen LogP contribution in [-0.2, 0) is 0 Å². The smallest absolute Gasteiger partial charge is 0.285 e. The predicted molar refractivity (Wildman–Crippen MR) is 73.4 cm³/mol. The standard InChI is InChI=1S/C12H19ClN4O/c1-3-8-7-17(9(4-2)5-14-8)10-6-15-16-12(18)11(10)13/h6,8-9,14H,3-5,7H2,1-2H3,(H,16,18). The van der Waals surface area contributed by atoms with Gasteiger partial charge in [0.05, 0.1) is 11.9 Å². The van der Waals surface area contributed by atoms with Crippen LogP contribution in [0.5, 0.6) is 0 Å². The zero-order valence-electron chi connectivity index (χ0n) is 10.7. The molecule has 0 spiro atoms. The lowest BCUT2D eigenvalue weighted by Crippen LogP contribution is -2.56. The number of aromatic nitrogens is 2. The second-order valence-electron chi connectivity index (χ2n) is 4.63. The van der Waals surface area contributed by atoms with E-state index in [-0.39, 0.29) is 10.6 Å². The molecule has 1 aromatic heterocycles. The molecule has 2 rings (SSSR count). The Labute approximate surface area is 112 Å². The molecule has 0 amide bonds. The van der Waals surface area contributed by atoms with Crippen LogP contribution in [0.25, 0.3) is 0 Å². The molecule has 2 atom stereocenters. The van der Waals surface area contributed by atoms with Crippen LogP contribution in [-0.4, -0.2) is 35.4 Å². The molecule has 1 aliphatic rings. The van der Waals surface area contributed by atoms with Crippen LogP contribution in [0.4, 0.5) is 5.69 Å². The van der Waals surface area contributed by atoms with E-state index in [0.717, 1.165) is 31.6 Å². The Balaban J connectivity index is 2.32. The summed E-state index contributed by atoms with van der Waals surface area (Å²) in [5.74, 6) is 0. The van der Waals surface area contributed by atoms with E-state index in [1.165, 1.54) is 0 Å². The number of aromatic amines is 1. The van der Waals surface area contributed by atoms with Gasteiger partial charge in [-0.1, -0.05) is 25.4 Å². The zero-order valence-corrected chi connectivity index (χ0v) is 11.5. The van der Waals surface area contributed by atoms with Crippen molar-refractivity contribution in [1.29, 1.82) is 0 Å². The summed E-state index contributed by atoms with van der Waals surface area (Å²) in [6.07, 6.45) is 3.71. The summed E-state index contributed by atoms with van der Waals surface area (Å²) in [5, 5.41) is 9.96. The third kappa shape index (κ3) is 2.52. The number of rotatable bonds is 3. The Kier molecular flexibility index (Phi) is 4.24. The van der Waals surface area contributed by atoms with Crippen LogP contribution in [0, 0.1) is 0 Å². The molecule has 5 nitrogen and oxygen atoms in total. The molecule has 1 saturated heterocycles. The maximum Gasteiger partial charge on any atom is 0.285 e. The molecule has 2 unspecified atom stereocenters. The number of piperazine rings is 1. The van der Waals surface area contributed by atoms with Gasteiger partial charge >= 0.3 is 0 Å². The number of nitrogens with zero attached hydrogens (tertiary/aromatic N) is 2. The van der Waals surface area contributed by atoms with Gasteiger partial charge < -0.3 is 10.2 Å². The van der Waals surface area contributed by atoms with E-state index in [9.17, 15) is 4.79 Å². The molecule has 1 fully saturated rings. The maximum atomic E-state index is 11.5. The number of anilines is 1. The van der Waals surface area contributed by atoms with Crippen LogP contribution in [0.15, 0.2) is 11.0 Å². The molecule has 2 N–H and O–H groups in total. The molecule has 2 heterocycles. The Morgan fingerprint density at radius 1 is 1.50 bits per heavy atom. The number of hydrogen-bond acceptors (Lipinski definition) is 4. The van der Waals surface area contributed by atoms with Crippen LogP contribution >= 0.6 is 11.6 Å². The number of H-pyrrole nitrogens is 1. The number of halogens is 1. The minimum atomic E-state index is -0.324. The highest BCUT2D eigenvalue weighted by atomic mass is 35.5. The summed E-state index contributed by atoms with van der Waals surface area (Å²) < 4.78 is 0. The van der Waals surface area contributed by atoms with E-state index in [0.29, 0.717) is 12.1 Å². The predicted octanol–water partition coefficient (Wildman–Crippen LogP) is 1.39. The van der Waals surface area contributed by atoms with Crippen molar-refractivity contribution in [3.63, 3.8) is 0 Å². The Bertz CT molecular complexity index is 462. The topological polar surface area (TPSA) is 61.0 Å². The van der Waals surface area contributed by atoms with Gasteiger partial charge in [0.1, 0.15) is 5.02 Å². The van der Waals surface area contributed by atoms with E-state index < -0.39 is 0 Å². The van der Waals surface area contributed by atoms with Gasteiger partial charge in [-0.2, -0.15) is 5.10 Å². The molecule has 0 saturated carbocycles. The third-order valence-electron chi connectivity index (χ3n) is 3.55. The SMILES string of the molecule is CCC1CN(c2cn[nH]c(=O)c2Cl)C(CC)CN1. The Morgan fingerprint density at radius 2 is 2.28 bits per heavy atom. The molecule has 1 aromatic rings. The first-order valence-electron chi connectivity index (χ1n) is 6.40. The minimum Gasteiger partial charge on any atom is -0.363 e. The fraction of sp³-hybridized carbons (Fsp3) is 0.667. The highest BCUT2D eigenvalue weighted by Crippen LogP contribution is 2.26. The summed E-state index contributed by atoms with van der Waals surface area (Å²) in [4.78, 5) is 13.7. The van der Waals surface area contributed by atoms with E-state index in [2.05, 4.69) is 34.3 Å². The van der Waals surface area contributed by atoms with Crippen molar-refractivity contribution in [2.45, 2.75) is 38.8 Å². The van der Waals surface area contributed by atoms with Gasteiger partial charge in [-0.15, -0.1) is 0 Å². The van der Waals surface area contributed by atoms with Gasteiger partial charge in [0.2, 0.25) is 0 Å². The zero-order chi connectivity index (χ0) is 13.1. The van der Waals surface area contributed by atoms with Crippen molar-refractivity contribution in [1.82, 2.24) is 15.5 Å². The quantitative estimate of drug-likeness (QED) is 0.871. The highest BCUT2D eigenvalue weighted by molar-refractivity contribution is 6.33. The van der Waals surface area contributed by atoms with Crippen molar-refractivity contribution in [2.75, 3.05) is 18.0 Å². The van der Waals surface area contributed by atoms with Gasteiger partial charge in [-0.25, -0.2) is 5.10 Å². The maximum absolute atomic E-state index is 11.5. The molecule has 0 radical (unpaired) electrons. The highest BCUT2D eigenvalue weighted by Gasteiger charge is 2.28. The van der Waals surface area contributed by atoms with Gasteiger partial charge in [-0.3, -0.25) is 4.79 Å². The molecular formula is C12H19ClN4O. The summed E-state index contributed by atoms with van der Waals surface area (Å²) >= 11 is 6.09. The molecule has 18 heavy (non-hydrogen) atoms. The molecule has 0 bridgehead atoms. The first kappa shape index (κ1) is 13.4. The van der Waals surface area contributed by atoms with Crippen molar-refractivity contribution >= 4 is 17.3 Å². The van der Waals surface area contributed by atoms with Crippen LogP contribution in [0.1, 0.15) is 26.7 Å². The first-order valence-corrected chi connectivity index (χ1v) is 6.78. The normalized spacial score (nSPS) is 24.3. The van der Waals surface area contributed by atoms with Gasteiger partial charge in [0, 0.05) is 25.2 Å². The second-order valence-corrected chi connectivity index (χ2v) is 5.00. The molecule has 0 aliphatic carbocycles. The van der Waals surface area contributed by atoms with Crippen LogP contribution < -0.4 is 15.8 Å². The lowest BCUT2D eigenvalue weighted by molar-refractivity contribution is 0.378. The summed E-state index contributed by atoms with van der Waals surface area (Å²) in [5.41, 5.74) is 0.419. The van der Waals surface area contributed by atoms with Crippen molar-refractivity contribution in [3.05, 3.63) is 21.6 Å². The lowest BCUT2D eigenvalue weighted by Gasteiger charge is -2.41. The summed E-state index contributed by atoms with van der Waals surface area (Å²) in [6.45, 7) is 6.07. The van der Waals surface area contributed by atoms with Crippen molar-refractivity contribution in [2.24, 2.45) is 0 Å². The summed E-state index contributed by atoms with van der Waals surface area (Å²) in [6, 6.07) is 0.789. The van der Waals surface area contributed by atoms with E-state index in [1.807, 2.05) is 0 Å². The summed E-state index contributed by atoms with van der Waals surface area (Å²) in [7, 11) is 0. The van der Waals surface area contributed by atoms with Gasteiger partial charge in [0.15, 0.2) is 0 Å². The van der Waals surface area contributed by atoms with Crippen molar-refractivity contribution in [3.8, 4) is 0 Å². The fourth-order valence-corrected chi connectivity index (χ4v) is 2.57. The molecule has 0 aromatic carbocycles. The average Bonchev–Trinajstić information content (AvgIpc) is 2.41. The van der Waals surface area contributed by atoms with Gasteiger partial charge in [0.25, 0.3) is 5.56 Å². The first-order chi connectivity index (χ1) is 8.67. The Morgan fingerprint density at radius 3 is 2.94 bits per heavy atom. The van der Waals surface area contributed by atoms with Gasteiger partial charge in [-0.05, 0) is 12.8 Å². The monoisotopic (exact) mass is 270 g/mol. The van der Waals surface area contributed by atoms with E-state index in [1.54, 1.807) is 6.20 Å². The van der Waals surface area contributed by atoms with Crippen LogP contribution in [0.2, 0.25) is 5.02 Å². The molecule has 1 aliphatic heterocycles. The van der Waals surface area contributed by atoms with E-state index in [4.69, 9.17) is 11.6 Å². The average molecular weight is 271 g/mol. The Hall–Kier alpha value is -1.07.